The molecule has 0 bridgehead atoms. The number of hydrogen-bond donors (Lipinski definition) is 0. The quantitative estimate of drug-likeness (QED) is 0.561. The van der Waals surface area contributed by atoms with Gasteiger partial charge < -0.3 is 0 Å². The Labute approximate surface area is 85.6 Å². The van der Waals surface area contributed by atoms with Gasteiger partial charge in [0.25, 0.3) is 0 Å². The molecular weight excluding hydrogens is 190 g/mol. The fourth-order valence-corrected chi connectivity index (χ4v) is 1.30. The van der Waals surface area contributed by atoms with Crippen LogP contribution in [0.1, 0.15) is 0 Å². The first-order valence-electron chi connectivity index (χ1n) is 3.73. The van der Waals surface area contributed by atoms with Crippen molar-refractivity contribution in [2.75, 3.05) is 0 Å². The first kappa shape index (κ1) is 10.0. The first-order valence-corrected chi connectivity index (χ1v) is 3.73. The van der Waals surface area contributed by atoms with Crippen LogP contribution in [-0.2, 0) is 0 Å². The number of nitrogens with zero attached hydrogens (tertiary/aromatic N) is 5. The lowest BCUT2D eigenvalue weighted by Crippen LogP contribution is -1.98. The Morgan fingerprint density at radius 3 is 1.27 bits per heavy atom. The molecule has 15 heavy (non-hydrogen) atoms. The molecule has 0 spiro atoms. The van der Waals surface area contributed by atoms with Crippen molar-refractivity contribution in [2.45, 2.75) is 0 Å². The molecule has 0 atom stereocenters. The second-order valence-electron chi connectivity index (χ2n) is 2.59. The fraction of sp³-hybridized carbons (Fsp3) is 0.100. The van der Waals surface area contributed by atoms with Crippen LogP contribution in [0.2, 0.25) is 0 Å². The minimum atomic E-state index is -1.08. The molecule has 0 aromatic heterocycles. The smallest absolute Gasteiger partial charge is 0.119 e. The zero-order valence-corrected chi connectivity index (χ0v) is 7.31. The van der Waals surface area contributed by atoms with E-state index >= 15 is 0 Å². The van der Waals surface area contributed by atoms with Gasteiger partial charge in [-0.25, -0.2) is 0 Å². The van der Waals surface area contributed by atoms with Crippen LogP contribution in [0.15, 0.2) is 22.3 Å². The maximum atomic E-state index is 8.76. The Bertz CT molecular complexity index is 538. The van der Waals surface area contributed by atoms with Gasteiger partial charge in [0.05, 0.1) is 40.5 Å². The van der Waals surface area contributed by atoms with Gasteiger partial charge in [-0.2, -0.15) is 26.3 Å². The molecule has 0 heterocycles. The predicted octanol–water partition coefficient (Wildman–Crippen LogP) is 0.827. The van der Waals surface area contributed by atoms with Crippen LogP contribution in [-0.4, -0.2) is 0 Å². The van der Waals surface area contributed by atoms with Crippen molar-refractivity contribution in [3.05, 3.63) is 22.3 Å². The second-order valence-corrected chi connectivity index (χ2v) is 2.59. The zero-order valence-electron chi connectivity index (χ0n) is 7.31. The third kappa shape index (κ3) is 1.20. The maximum Gasteiger partial charge on any atom is 0.119 e. The summed E-state index contributed by atoms with van der Waals surface area (Å²) in [5.74, 6) is -1.08. The van der Waals surface area contributed by atoms with E-state index in [4.69, 9.17) is 26.3 Å². The fourth-order valence-electron chi connectivity index (χ4n) is 1.30. The molecule has 0 N–H and O–H groups in total. The monoisotopic (exact) mass is 191 g/mol. The van der Waals surface area contributed by atoms with Crippen molar-refractivity contribution >= 4 is 0 Å². The Morgan fingerprint density at radius 2 is 1.07 bits per heavy atom. The normalized spacial score (nSPS) is 14.9. The van der Waals surface area contributed by atoms with Gasteiger partial charge in [0, 0.05) is 0 Å². The van der Waals surface area contributed by atoms with Gasteiger partial charge in [-0.1, -0.05) is 0 Å². The van der Waals surface area contributed by atoms with Crippen LogP contribution in [0.5, 0.6) is 0 Å². The number of allylic oxidation sites excluding steroid dienone is 4. The highest BCUT2D eigenvalue weighted by Crippen LogP contribution is 2.35. The Morgan fingerprint density at radius 1 is 0.667 bits per heavy atom. The van der Waals surface area contributed by atoms with Crippen LogP contribution >= 0.6 is 0 Å². The summed E-state index contributed by atoms with van der Waals surface area (Å²) in [6.07, 6.45) is 0. The highest BCUT2D eigenvalue weighted by Gasteiger charge is 2.34. The number of rotatable bonds is 0. The van der Waals surface area contributed by atoms with E-state index in [1.54, 1.807) is 30.3 Å². The molecule has 0 saturated carbocycles. The largest absolute Gasteiger partial charge is 0.197 e. The molecular formula is C10HN5. The van der Waals surface area contributed by atoms with Gasteiger partial charge in [0.1, 0.15) is 18.1 Å². The van der Waals surface area contributed by atoms with E-state index in [2.05, 4.69) is 0 Å². The molecule has 1 aliphatic carbocycles. The van der Waals surface area contributed by atoms with E-state index in [0.717, 1.165) is 0 Å². The SMILES string of the molecule is N#CC1=C(C#N)C(C#N)C(C#N)=C1C#N. The molecule has 0 aliphatic heterocycles. The minimum absolute atomic E-state index is 0.117. The molecule has 0 aromatic rings. The topological polar surface area (TPSA) is 119 Å². The molecule has 5 nitrogen and oxygen atoms in total. The van der Waals surface area contributed by atoms with E-state index in [1.165, 1.54) is 0 Å². The number of nitriles is 5. The first-order chi connectivity index (χ1) is 7.24. The summed E-state index contributed by atoms with van der Waals surface area (Å²) in [4.78, 5) is 0. The molecule has 5 heteroatoms. The van der Waals surface area contributed by atoms with Crippen molar-refractivity contribution < 1.29 is 0 Å². The standard InChI is InChI=1S/C10HN5/c11-1-6-7(2-12)9(4-14)10(5-15)8(6)3-13/h6H. The van der Waals surface area contributed by atoms with Crippen LogP contribution in [0, 0.1) is 62.6 Å². The third-order valence-electron chi connectivity index (χ3n) is 1.96. The van der Waals surface area contributed by atoms with Crippen molar-refractivity contribution in [1.29, 1.82) is 26.3 Å². The third-order valence-corrected chi connectivity index (χ3v) is 1.96. The lowest BCUT2D eigenvalue weighted by Gasteiger charge is -1.96. The van der Waals surface area contributed by atoms with Gasteiger partial charge in [0.15, 0.2) is 0 Å². The summed E-state index contributed by atoms with van der Waals surface area (Å²) in [6, 6.07) is 8.44. The van der Waals surface area contributed by atoms with Crippen molar-refractivity contribution in [3.63, 3.8) is 0 Å². The lowest BCUT2D eigenvalue weighted by molar-refractivity contribution is 0.996. The number of hydrogen-bond acceptors (Lipinski definition) is 5. The van der Waals surface area contributed by atoms with E-state index in [0.29, 0.717) is 0 Å². The summed E-state index contributed by atoms with van der Waals surface area (Å²) < 4.78 is 0. The maximum absolute atomic E-state index is 8.76. The van der Waals surface area contributed by atoms with Crippen LogP contribution in [0.25, 0.3) is 0 Å². The molecule has 0 unspecified atom stereocenters. The Balaban J connectivity index is 3.60. The van der Waals surface area contributed by atoms with Crippen molar-refractivity contribution in [2.24, 2.45) is 5.92 Å². The summed E-state index contributed by atoms with van der Waals surface area (Å²) in [5.41, 5.74) is -0.563. The van der Waals surface area contributed by atoms with Crippen molar-refractivity contribution in [3.8, 4) is 30.3 Å². The molecule has 0 saturated heterocycles. The average molecular weight is 191 g/mol. The zero-order chi connectivity index (χ0) is 11.4. The molecule has 66 valence electrons. The van der Waals surface area contributed by atoms with Crippen LogP contribution in [0.3, 0.4) is 0 Å². The lowest BCUT2D eigenvalue weighted by atomic mass is 9.98. The van der Waals surface area contributed by atoms with E-state index in [1.807, 2.05) is 0 Å². The Kier molecular flexibility index (Phi) is 2.51. The van der Waals surface area contributed by atoms with E-state index in [9.17, 15) is 0 Å². The van der Waals surface area contributed by atoms with Gasteiger partial charge in [-0.15, -0.1) is 0 Å². The van der Waals surface area contributed by atoms with E-state index in [-0.39, 0.29) is 22.3 Å². The van der Waals surface area contributed by atoms with Gasteiger partial charge in [0.2, 0.25) is 0 Å². The van der Waals surface area contributed by atoms with E-state index < -0.39 is 5.92 Å². The average Bonchev–Trinajstić information content (AvgIpc) is 2.59. The Hall–Kier alpha value is -3.07. The molecule has 0 amide bonds. The van der Waals surface area contributed by atoms with Gasteiger partial charge in [-0.3, -0.25) is 0 Å². The summed E-state index contributed by atoms with van der Waals surface area (Å²) >= 11 is 0. The molecule has 0 aromatic carbocycles. The van der Waals surface area contributed by atoms with Crippen molar-refractivity contribution in [1.82, 2.24) is 0 Å². The van der Waals surface area contributed by atoms with Gasteiger partial charge in [-0.05, 0) is 0 Å². The molecule has 0 radical (unpaired) electrons. The summed E-state index contributed by atoms with van der Waals surface area (Å²) in [7, 11) is 0. The molecule has 1 rings (SSSR count). The highest BCUT2D eigenvalue weighted by molar-refractivity contribution is 5.69. The van der Waals surface area contributed by atoms with Crippen LogP contribution in [0.4, 0.5) is 0 Å². The molecule has 0 fully saturated rings. The molecule has 1 aliphatic rings. The van der Waals surface area contributed by atoms with Crippen LogP contribution < -0.4 is 0 Å². The summed E-state index contributed by atoms with van der Waals surface area (Å²) in [5, 5.41) is 43.7. The second kappa shape index (κ2) is 3.76. The minimum Gasteiger partial charge on any atom is -0.197 e. The predicted molar refractivity (Wildman–Crippen MR) is 45.6 cm³/mol. The highest BCUT2D eigenvalue weighted by atomic mass is 14.4. The van der Waals surface area contributed by atoms with Gasteiger partial charge >= 0.3 is 0 Å². The summed E-state index contributed by atoms with van der Waals surface area (Å²) in [6.45, 7) is 0.